The summed E-state index contributed by atoms with van der Waals surface area (Å²) in [7, 11) is 0. The summed E-state index contributed by atoms with van der Waals surface area (Å²) in [6.07, 6.45) is 2.59. The van der Waals surface area contributed by atoms with Gasteiger partial charge in [0, 0.05) is 31.9 Å². The molecule has 1 aliphatic carbocycles. The third-order valence-corrected chi connectivity index (χ3v) is 7.41. The zero-order valence-electron chi connectivity index (χ0n) is 27.6. The van der Waals surface area contributed by atoms with Crippen molar-refractivity contribution in [3.63, 3.8) is 0 Å². The van der Waals surface area contributed by atoms with E-state index in [1.807, 2.05) is 11.8 Å². The lowest BCUT2D eigenvalue weighted by Gasteiger charge is -2.23. The van der Waals surface area contributed by atoms with Gasteiger partial charge in [0.05, 0.1) is 5.92 Å². The zero-order valence-corrected chi connectivity index (χ0v) is 27.6. The molecule has 0 bridgehead atoms. The highest BCUT2D eigenvalue weighted by Crippen LogP contribution is 2.61. The molecule has 0 radical (unpaired) electrons. The van der Waals surface area contributed by atoms with Gasteiger partial charge >= 0.3 is 6.09 Å². The van der Waals surface area contributed by atoms with Gasteiger partial charge in [-0.05, 0) is 69.4 Å². The third-order valence-electron chi connectivity index (χ3n) is 7.41. The molecule has 3 fully saturated rings. The van der Waals surface area contributed by atoms with Crippen LogP contribution in [0.15, 0.2) is 18.3 Å². The predicted molar refractivity (Wildman–Crippen MR) is 167 cm³/mol. The van der Waals surface area contributed by atoms with Crippen LogP contribution in [0.3, 0.4) is 0 Å². The highest BCUT2D eigenvalue weighted by molar-refractivity contribution is 5.93. The summed E-state index contributed by atoms with van der Waals surface area (Å²) in [5, 5.41) is 14.6. The first-order chi connectivity index (χ1) is 20.4. The van der Waals surface area contributed by atoms with E-state index in [2.05, 4.69) is 56.0 Å². The second-order valence-corrected chi connectivity index (χ2v) is 13.5. The van der Waals surface area contributed by atoms with E-state index in [-0.39, 0.29) is 48.3 Å². The fraction of sp³-hybridized carbons (Fsp3) is 0.677. The molecule has 3 heterocycles. The Bertz CT molecular complexity index is 1100. The molecule has 13 nitrogen and oxygen atoms in total. The number of alkyl carbamates (subject to hydrolysis) is 1. The normalized spacial score (nSPS) is 22.4. The number of carbonyl (C=O) groups excluding carboxylic acids is 5. The van der Waals surface area contributed by atoms with Crippen LogP contribution in [0.2, 0.25) is 0 Å². The molecule has 3 aliphatic rings. The van der Waals surface area contributed by atoms with Gasteiger partial charge < -0.3 is 36.0 Å². The Kier molecular flexibility index (Phi) is 14.6. The predicted octanol–water partition coefficient (Wildman–Crippen LogP) is 2.98. The van der Waals surface area contributed by atoms with E-state index >= 15 is 0 Å². The van der Waals surface area contributed by atoms with Gasteiger partial charge in [-0.15, -0.1) is 0 Å². The fourth-order valence-corrected chi connectivity index (χ4v) is 5.01. The first kappa shape index (κ1) is 38.1. The van der Waals surface area contributed by atoms with E-state index in [0.717, 1.165) is 25.4 Å². The minimum Gasteiger partial charge on any atom is -0.504 e. The van der Waals surface area contributed by atoms with Crippen molar-refractivity contribution in [3.8, 4) is 5.75 Å². The van der Waals surface area contributed by atoms with Gasteiger partial charge in [-0.3, -0.25) is 19.2 Å². The van der Waals surface area contributed by atoms with Crippen molar-refractivity contribution >= 4 is 36.5 Å². The average molecular weight is 621 g/mol. The SMILES string of the molecule is CC(C)(C)OC(=O)NCC(=O)N1CC2C(C1)C2(C)C.CC(C)C.CC1CC(C(=O)Nc2ncccc2O)CN1C=O.NC=O. The number of nitrogens with two attached hydrogens (primary N) is 1. The number of amides is 5. The molecule has 248 valence electrons. The number of piperidine rings is 1. The second kappa shape index (κ2) is 16.8. The number of likely N-dealkylation sites (tertiary alicyclic amines) is 2. The first-order valence-electron chi connectivity index (χ1n) is 14.9. The van der Waals surface area contributed by atoms with Crippen LogP contribution in [0.1, 0.15) is 68.7 Å². The number of pyridine rings is 1. The van der Waals surface area contributed by atoms with E-state index in [4.69, 9.17) is 9.53 Å². The van der Waals surface area contributed by atoms with Crippen LogP contribution in [-0.4, -0.2) is 88.4 Å². The van der Waals surface area contributed by atoms with Gasteiger partial charge in [0.2, 0.25) is 24.6 Å². The van der Waals surface area contributed by atoms with Crippen molar-refractivity contribution < 1.29 is 33.8 Å². The third kappa shape index (κ3) is 12.4. The number of hydrogen-bond donors (Lipinski definition) is 4. The molecule has 5 amide bonds. The summed E-state index contributed by atoms with van der Waals surface area (Å²) < 4.78 is 5.09. The smallest absolute Gasteiger partial charge is 0.408 e. The average Bonchev–Trinajstić information content (AvgIpc) is 3.29. The number of primary amides is 1. The molecule has 4 atom stereocenters. The van der Waals surface area contributed by atoms with E-state index in [9.17, 15) is 24.3 Å². The van der Waals surface area contributed by atoms with Crippen LogP contribution in [0.5, 0.6) is 5.75 Å². The van der Waals surface area contributed by atoms with Crippen molar-refractivity contribution in [2.24, 2.45) is 34.8 Å². The van der Waals surface area contributed by atoms with Crippen LogP contribution >= 0.6 is 0 Å². The van der Waals surface area contributed by atoms with Crippen molar-refractivity contribution in [3.05, 3.63) is 18.3 Å². The molecule has 1 aromatic heterocycles. The Morgan fingerprint density at radius 2 is 1.70 bits per heavy atom. The molecule has 2 saturated heterocycles. The first-order valence-corrected chi connectivity index (χ1v) is 14.9. The Labute approximate surface area is 261 Å². The van der Waals surface area contributed by atoms with E-state index < -0.39 is 11.7 Å². The Morgan fingerprint density at radius 3 is 2.16 bits per heavy atom. The van der Waals surface area contributed by atoms with Crippen LogP contribution in [0.4, 0.5) is 10.6 Å². The highest BCUT2D eigenvalue weighted by atomic mass is 16.6. The molecule has 0 aromatic carbocycles. The molecule has 44 heavy (non-hydrogen) atoms. The molecule has 4 unspecified atom stereocenters. The Balaban J connectivity index is 0.000000364. The summed E-state index contributed by atoms with van der Waals surface area (Å²) in [6.45, 7) is 20.4. The van der Waals surface area contributed by atoms with Gasteiger partial charge in [-0.1, -0.05) is 34.6 Å². The van der Waals surface area contributed by atoms with Gasteiger partial charge in [-0.2, -0.15) is 0 Å². The van der Waals surface area contributed by atoms with Gasteiger partial charge in [-0.25, -0.2) is 9.78 Å². The summed E-state index contributed by atoms with van der Waals surface area (Å²) in [4.78, 5) is 62.0. The maximum Gasteiger partial charge on any atom is 0.408 e. The number of nitrogens with one attached hydrogen (secondary N) is 2. The molecule has 0 spiro atoms. The number of anilines is 1. The summed E-state index contributed by atoms with van der Waals surface area (Å²) >= 11 is 0. The van der Waals surface area contributed by atoms with Crippen LogP contribution in [0.25, 0.3) is 0 Å². The van der Waals surface area contributed by atoms with Gasteiger partial charge in [0.25, 0.3) is 0 Å². The van der Waals surface area contributed by atoms with Crippen molar-refractivity contribution in [2.75, 3.05) is 31.5 Å². The number of carbonyl (C=O) groups is 5. The van der Waals surface area contributed by atoms with E-state index in [1.165, 1.54) is 12.3 Å². The number of ether oxygens (including phenoxy) is 1. The Morgan fingerprint density at radius 1 is 1.16 bits per heavy atom. The molecule has 5 N–H and O–H groups in total. The topological polar surface area (TPSA) is 184 Å². The number of fused-ring (bicyclic) bond motifs is 1. The van der Waals surface area contributed by atoms with Crippen LogP contribution in [0, 0.1) is 29.1 Å². The quantitative estimate of drug-likeness (QED) is 0.362. The molecule has 4 rings (SSSR count). The van der Waals surface area contributed by atoms with E-state index in [1.54, 1.807) is 31.7 Å². The van der Waals surface area contributed by atoms with Gasteiger partial charge in [0.1, 0.15) is 12.1 Å². The number of nitrogens with zero attached hydrogens (tertiary/aromatic N) is 3. The lowest BCUT2D eigenvalue weighted by atomic mass is 10.1. The fourth-order valence-electron chi connectivity index (χ4n) is 5.01. The second-order valence-electron chi connectivity index (χ2n) is 13.5. The van der Waals surface area contributed by atoms with Crippen molar-refractivity contribution in [1.29, 1.82) is 0 Å². The largest absolute Gasteiger partial charge is 0.504 e. The summed E-state index contributed by atoms with van der Waals surface area (Å²) in [5.74, 6) is 1.69. The molecular weight excluding hydrogens is 568 g/mol. The molecule has 13 heteroatoms. The number of aromatic nitrogens is 1. The standard InChI is InChI=1S/C14H24N2O3.C12H15N3O3.C4H10.CH3NO/c1-13(2,3)19-12(18)15-6-11(17)16-7-9-10(8-16)14(9,4)5;1-8-5-9(6-15(8)7-16)12(18)14-11-10(17)3-2-4-13-11;1-4(2)3;2-1-3/h9-10H,6-8H2,1-5H3,(H,15,18);2-4,7-9,17H,5-6H2,1H3,(H,13,14,18);4H,1-3H3;1H,(H2,2,3). The lowest BCUT2D eigenvalue weighted by molar-refractivity contribution is -0.130. The van der Waals surface area contributed by atoms with Crippen LogP contribution < -0.4 is 16.4 Å². The number of aromatic hydroxyl groups is 1. The summed E-state index contributed by atoms with van der Waals surface area (Å²) in [5.41, 5.74) is 4.03. The van der Waals surface area contributed by atoms with Gasteiger partial charge in [0.15, 0.2) is 11.6 Å². The van der Waals surface area contributed by atoms with Crippen LogP contribution in [-0.2, 0) is 23.9 Å². The minimum atomic E-state index is -0.537. The lowest BCUT2D eigenvalue weighted by Crippen LogP contribution is -2.42. The van der Waals surface area contributed by atoms with E-state index in [0.29, 0.717) is 30.2 Å². The summed E-state index contributed by atoms with van der Waals surface area (Å²) in [6, 6.07) is 3.10. The molecule has 1 saturated carbocycles. The molecule has 2 aliphatic heterocycles. The monoisotopic (exact) mass is 620 g/mol. The maximum atomic E-state index is 12.0. The molecular formula is C31H52N6O7. The molecule has 1 aromatic rings. The zero-order chi connectivity index (χ0) is 33.8. The van der Waals surface area contributed by atoms with Crippen molar-refractivity contribution in [2.45, 2.75) is 80.4 Å². The Hall–Kier alpha value is -3.90. The number of hydrogen-bond acceptors (Lipinski definition) is 8. The minimum absolute atomic E-state index is 0.0196. The maximum absolute atomic E-state index is 12.0. The highest BCUT2D eigenvalue weighted by Gasteiger charge is 2.62. The number of rotatable bonds is 5. The van der Waals surface area contributed by atoms with Crippen molar-refractivity contribution in [1.82, 2.24) is 20.1 Å².